The summed E-state index contributed by atoms with van der Waals surface area (Å²) < 4.78 is 27.7. The van der Waals surface area contributed by atoms with Gasteiger partial charge < -0.3 is 4.55 Å². The largest absolute Gasteiger partial charge is 0.605 e. The third kappa shape index (κ3) is 2.51. The molecule has 8 heteroatoms. The summed E-state index contributed by atoms with van der Waals surface area (Å²) in [5, 5.41) is 4.59. The van der Waals surface area contributed by atoms with E-state index >= 15 is 0 Å². The summed E-state index contributed by atoms with van der Waals surface area (Å²) in [5.41, 5.74) is 1.09. The molecule has 0 bridgehead atoms. The molecule has 0 spiro atoms. The van der Waals surface area contributed by atoms with Crippen LogP contribution in [-0.2, 0) is 11.2 Å². The van der Waals surface area contributed by atoms with Gasteiger partial charge in [0.2, 0.25) is 0 Å². The molecule has 0 aliphatic rings. The zero-order valence-electron chi connectivity index (χ0n) is 12.2. The monoisotopic (exact) mass is 339 g/mol. The number of hydrogen-bond donors (Lipinski definition) is 0. The SMILES string of the molecule is [O-][S+](c1ccncc1)c1c(-c2ccc(F)cc2)nc2nccnn12. The Hall–Kier alpha value is -2.84. The highest BCUT2D eigenvalue weighted by molar-refractivity contribution is 7.91. The molecule has 0 radical (unpaired) electrons. The molecule has 0 amide bonds. The number of nitrogens with zero attached hydrogens (tertiary/aromatic N) is 5. The van der Waals surface area contributed by atoms with E-state index in [4.69, 9.17) is 0 Å². The minimum absolute atomic E-state index is 0.328. The van der Waals surface area contributed by atoms with E-state index in [1.807, 2.05) is 0 Å². The number of imidazole rings is 1. The average Bonchev–Trinajstić information content (AvgIpc) is 3.02. The number of pyridine rings is 1. The molecule has 0 saturated heterocycles. The maximum absolute atomic E-state index is 13.2. The van der Waals surface area contributed by atoms with Crippen LogP contribution in [0.15, 0.2) is 71.1 Å². The molecule has 6 nitrogen and oxygen atoms in total. The Labute approximate surface area is 139 Å². The van der Waals surface area contributed by atoms with Crippen molar-refractivity contribution in [2.24, 2.45) is 0 Å². The fourth-order valence-corrected chi connectivity index (χ4v) is 3.52. The Morgan fingerprint density at radius 2 is 1.71 bits per heavy atom. The van der Waals surface area contributed by atoms with Crippen molar-refractivity contribution >= 4 is 17.0 Å². The standard InChI is InChI=1S/C16H10FN5OS/c17-12-3-1-11(2-4-12)14-15(22-16(21-14)19-9-10-20-22)24(23)13-5-7-18-8-6-13/h1-10H. The molecule has 0 saturated carbocycles. The van der Waals surface area contributed by atoms with Crippen molar-refractivity contribution in [1.29, 1.82) is 0 Å². The number of benzene rings is 1. The van der Waals surface area contributed by atoms with Crippen LogP contribution in [0.1, 0.15) is 0 Å². The summed E-state index contributed by atoms with van der Waals surface area (Å²) in [4.78, 5) is 13.1. The quantitative estimate of drug-likeness (QED) is 0.536. The van der Waals surface area contributed by atoms with Crippen LogP contribution in [0, 0.1) is 5.82 Å². The van der Waals surface area contributed by atoms with E-state index in [0.29, 0.717) is 27.0 Å². The predicted molar refractivity (Wildman–Crippen MR) is 85.1 cm³/mol. The number of fused-ring (bicyclic) bond motifs is 1. The first-order valence-corrected chi connectivity index (χ1v) is 8.16. The third-order valence-corrected chi connectivity index (χ3v) is 4.81. The van der Waals surface area contributed by atoms with Crippen LogP contribution < -0.4 is 0 Å². The predicted octanol–water partition coefficient (Wildman–Crippen LogP) is 2.49. The molecular formula is C16H10FN5OS. The molecule has 0 fully saturated rings. The Balaban J connectivity index is 1.95. The summed E-state index contributed by atoms with van der Waals surface area (Å²) in [6, 6.07) is 9.17. The van der Waals surface area contributed by atoms with Crippen LogP contribution in [0.2, 0.25) is 0 Å². The molecule has 0 aliphatic heterocycles. The van der Waals surface area contributed by atoms with E-state index in [9.17, 15) is 8.94 Å². The van der Waals surface area contributed by atoms with Crippen molar-refractivity contribution in [1.82, 2.24) is 24.6 Å². The Morgan fingerprint density at radius 3 is 2.46 bits per heavy atom. The molecule has 4 aromatic rings. The lowest BCUT2D eigenvalue weighted by atomic mass is 10.2. The van der Waals surface area contributed by atoms with E-state index in [2.05, 4.69) is 20.1 Å². The van der Waals surface area contributed by atoms with Gasteiger partial charge in [0.05, 0.1) is 12.4 Å². The molecule has 4 rings (SSSR count). The van der Waals surface area contributed by atoms with E-state index in [-0.39, 0.29) is 5.82 Å². The highest BCUT2D eigenvalue weighted by atomic mass is 32.2. The second kappa shape index (κ2) is 5.99. The van der Waals surface area contributed by atoms with Crippen LogP contribution in [0.4, 0.5) is 4.39 Å². The molecule has 1 aromatic carbocycles. The summed E-state index contributed by atoms with van der Waals surface area (Å²) >= 11 is -1.54. The number of aromatic nitrogens is 5. The molecule has 118 valence electrons. The number of halogens is 1. The van der Waals surface area contributed by atoms with Gasteiger partial charge in [-0.05, 0) is 24.3 Å². The molecular weight excluding hydrogens is 329 g/mol. The average molecular weight is 339 g/mol. The van der Waals surface area contributed by atoms with Crippen LogP contribution in [0.3, 0.4) is 0 Å². The van der Waals surface area contributed by atoms with Gasteiger partial charge in [-0.1, -0.05) is 0 Å². The molecule has 3 aromatic heterocycles. The van der Waals surface area contributed by atoms with E-state index in [0.717, 1.165) is 0 Å². The van der Waals surface area contributed by atoms with Gasteiger partial charge in [0, 0.05) is 41.3 Å². The van der Waals surface area contributed by atoms with Crippen molar-refractivity contribution in [2.75, 3.05) is 0 Å². The van der Waals surface area contributed by atoms with E-state index in [1.165, 1.54) is 29.0 Å². The molecule has 3 heterocycles. The van der Waals surface area contributed by atoms with Crippen LogP contribution in [-0.4, -0.2) is 29.1 Å². The van der Waals surface area contributed by atoms with Gasteiger partial charge in [0.25, 0.3) is 10.8 Å². The van der Waals surface area contributed by atoms with Gasteiger partial charge >= 0.3 is 0 Å². The summed E-state index contributed by atoms with van der Waals surface area (Å²) in [6.07, 6.45) is 6.14. The van der Waals surface area contributed by atoms with Gasteiger partial charge in [-0.2, -0.15) is 9.61 Å². The first kappa shape index (κ1) is 14.7. The fraction of sp³-hybridized carbons (Fsp3) is 0. The van der Waals surface area contributed by atoms with E-state index in [1.54, 1.807) is 36.7 Å². The van der Waals surface area contributed by atoms with Crippen LogP contribution in [0.5, 0.6) is 0 Å². The zero-order valence-corrected chi connectivity index (χ0v) is 13.0. The van der Waals surface area contributed by atoms with Crippen LogP contribution >= 0.6 is 0 Å². The molecule has 24 heavy (non-hydrogen) atoms. The topological polar surface area (TPSA) is 79.0 Å². The third-order valence-electron chi connectivity index (χ3n) is 3.39. The summed E-state index contributed by atoms with van der Waals surface area (Å²) in [5.74, 6) is -0.0233. The molecule has 1 atom stereocenters. The lowest BCUT2D eigenvalue weighted by Crippen LogP contribution is -2.09. The van der Waals surface area contributed by atoms with Gasteiger partial charge in [-0.3, -0.25) is 4.98 Å². The van der Waals surface area contributed by atoms with Crippen molar-refractivity contribution in [3.05, 3.63) is 67.0 Å². The van der Waals surface area contributed by atoms with Gasteiger partial charge in [0.15, 0.2) is 10.6 Å². The minimum Gasteiger partial charge on any atom is -0.605 e. The Bertz CT molecular complexity index is 990. The van der Waals surface area contributed by atoms with Crippen molar-refractivity contribution < 1.29 is 8.94 Å². The van der Waals surface area contributed by atoms with Gasteiger partial charge in [0.1, 0.15) is 5.82 Å². The van der Waals surface area contributed by atoms with Crippen molar-refractivity contribution in [3.8, 4) is 11.3 Å². The maximum Gasteiger partial charge on any atom is 0.281 e. The Morgan fingerprint density at radius 1 is 0.958 bits per heavy atom. The second-order valence-electron chi connectivity index (χ2n) is 4.88. The molecule has 1 unspecified atom stereocenters. The lowest BCUT2D eigenvalue weighted by molar-refractivity contribution is 0.587. The highest BCUT2D eigenvalue weighted by Gasteiger charge is 2.28. The summed E-state index contributed by atoms with van der Waals surface area (Å²) in [6.45, 7) is 0. The fourth-order valence-electron chi connectivity index (χ4n) is 2.31. The molecule has 0 aliphatic carbocycles. The Kier molecular flexibility index (Phi) is 3.68. The van der Waals surface area contributed by atoms with Crippen molar-refractivity contribution in [3.63, 3.8) is 0 Å². The van der Waals surface area contributed by atoms with Crippen molar-refractivity contribution in [2.45, 2.75) is 9.92 Å². The molecule has 0 N–H and O–H groups in total. The zero-order chi connectivity index (χ0) is 16.5. The second-order valence-corrected chi connectivity index (χ2v) is 6.27. The number of rotatable bonds is 3. The maximum atomic E-state index is 13.2. The number of hydrogen-bond acceptors (Lipinski definition) is 5. The van der Waals surface area contributed by atoms with E-state index < -0.39 is 11.2 Å². The highest BCUT2D eigenvalue weighted by Crippen LogP contribution is 2.31. The van der Waals surface area contributed by atoms with Crippen LogP contribution in [0.25, 0.3) is 17.0 Å². The lowest BCUT2D eigenvalue weighted by Gasteiger charge is -2.10. The minimum atomic E-state index is -1.54. The summed E-state index contributed by atoms with van der Waals surface area (Å²) in [7, 11) is 0. The van der Waals surface area contributed by atoms with Gasteiger partial charge in [-0.25, -0.2) is 14.4 Å². The van der Waals surface area contributed by atoms with Gasteiger partial charge in [-0.15, -0.1) is 0 Å². The smallest absolute Gasteiger partial charge is 0.281 e. The normalized spacial score (nSPS) is 12.4. The first-order valence-electron chi connectivity index (χ1n) is 7.01. The first-order chi connectivity index (χ1) is 11.7.